The molecule has 0 aromatic heterocycles. The molecule has 7 nitrogen and oxygen atoms in total. The third kappa shape index (κ3) is 2.59. The van der Waals surface area contributed by atoms with Crippen molar-refractivity contribution in [1.82, 2.24) is 5.32 Å². The van der Waals surface area contributed by atoms with Crippen LogP contribution >= 0.6 is 0 Å². The van der Waals surface area contributed by atoms with E-state index in [0.29, 0.717) is 22.5 Å². The van der Waals surface area contributed by atoms with Gasteiger partial charge in [-0.1, -0.05) is 12.1 Å². The van der Waals surface area contributed by atoms with E-state index in [1.54, 1.807) is 48.5 Å². The molecule has 2 aliphatic rings. The number of hydrogen-bond acceptors (Lipinski definition) is 4. The topological polar surface area (TPSA) is 95.6 Å². The molecule has 4 rings (SSSR count). The first-order chi connectivity index (χ1) is 12.9. The predicted octanol–water partition coefficient (Wildman–Crippen LogP) is 2.09. The SMILES string of the molecule is CC(=O)c1ccc(NC(=O)[C@]23CCC(=O)N2c2ccccc2C(=O)N3)cc1. The number of carbonyl (C=O) groups excluding carboxylic acids is 4. The van der Waals surface area contributed by atoms with E-state index in [9.17, 15) is 19.2 Å². The number of para-hydroxylation sites is 1. The molecule has 1 fully saturated rings. The lowest BCUT2D eigenvalue weighted by molar-refractivity contribution is -0.124. The van der Waals surface area contributed by atoms with E-state index in [4.69, 9.17) is 0 Å². The van der Waals surface area contributed by atoms with Gasteiger partial charge in [0.05, 0.1) is 11.3 Å². The zero-order chi connectivity index (χ0) is 19.2. The first-order valence-electron chi connectivity index (χ1n) is 8.59. The summed E-state index contributed by atoms with van der Waals surface area (Å²) >= 11 is 0. The third-order valence-electron chi connectivity index (χ3n) is 4.97. The van der Waals surface area contributed by atoms with Crippen molar-refractivity contribution in [2.75, 3.05) is 10.2 Å². The Morgan fingerprint density at radius 1 is 1.07 bits per heavy atom. The van der Waals surface area contributed by atoms with Crippen LogP contribution in [0.15, 0.2) is 48.5 Å². The fourth-order valence-electron chi connectivity index (χ4n) is 3.59. The van der Waals surface area contributed by atoms with Crippen LogP contribution in [0.2, 0.25) is 0 Å². The number of Topliss-reactive ketones (excluding diaryl/α,β-unsaturated/α-hetero) is 1. The summed E-state index contributed by atoms with van der Waals surface area (Å²) in [4.78, 5) is 50.9. The van der Waals surface area contributed by atoms with Crippen molar-refractivity contribution in [1.29, 1.82) is 0 Å². The first kappa shape index (κ1) is 17.0. The highest BCUT2D eigenvalue weighted by atomic mass is 16.2. The smallest absolute Gasteiger partial charge is 0.271 e. The van der Waals surface area contributed by atoms with Crippen LogP contribution < -0.4 is 15.5 Å². The van der Waals surface area contributed by atoms with Crippen LogP contribution in [0.3, 0.4) is 0 Å². The van der Waals surface area contributed by atoms with Gasteiger partial charge in [-0.25, -0.2) is 0 Å². The molecule has 0 aliphatic carbocycles. The molecule has 0 radical (unpaired) electrons. The zero-order valence-electron chi connectivity index (χ0n) is 14.6. The lowest BCUT2D eigenvalue weighted by Crippen LogP contribution is -2.68. The second kappa shape index (κ2) is 6.05. The Bertz CT molecular complexity index is 983. The molecule has 1 saturated heterocycles. The van der Waals surface area contributed by atoms with Gasteiger partial charge in [0.2, 0.25) is 11.6 Å². The van der Waals surface area contributed by atoms with Gasteiger partial charge in [0.1, 0.15) is 0 Å². The number of anilines is 2. The maximum atomic E-state index is 13.1. The van der Waals surface area contributed by atoms with Crippen molar-refractivity contribution in [3.8, 4) is 0 Å². The van der Waals surface area contributed by atoms with Gasteiger partial charge in [0.15, 0.2) is 5.78 Å². The van der Waals surface area contributed by atoms with Crippen molar-refractivity contribution >= 4 is 34.9 Å². The first-order valence-corrected chi connectivity index (χ1v) is 8.59. The summed E-state index contributed by atoms with van der Waals surface area (Å²) in [7, 11) is 0. The summed E-state index contributed by atoms with van der Waals surface area (Å²) in [5, 5.41) is 5.48. The van der Waals surface area contributed by atoms with Gasteiger partial charge in [0.25, 0.3) is 11.8 Å². The molecule has 0 saturated carbocycles. The zero-order valence-corrected chi connectivity index (χ0v) is 14.6. The summed E-state index contributed by atoms with van der Waals surface area (Å²) in [6, 6.07) is 13.2. The van der Waals surface area contributed by atoms with Gasteiger partial charge >= 0.3 is 0 Å². The highest BCUT2D eigenvalue weighted by Gasteiger charge is 2.56. The molecule has 136 valence electrons. The molecule has 1 atom stereocenters. The fourth-order valence-corrected chi connectivity index (χ4v) is 3.59. The van der Waals surface area contributed by atoms with Gasteiger partial charge in [0, 0.05) is 24.1 Å². The Hall–Kier alpha value is -3.48. The molecule has 2 aromatic rings. The van der Waals surface area contributed by atoms with E-state index in [2.05, 4.69) is 10.6 Å². The number of hydrogen-bond donors (Lipinski definition) is 2. The number of carbonyl (C=O) groups is 4. The van der Waals surface area contributed by atoms with Crippen molar-refractivity contribution in [2.45, 2.75) is 25.4 Å². The number of amides is 3. The van der Waals surface area contributed by atoms with Gasteiger partial charge in [-0.3, -0.25) is 24.1 Å². The van der Waals surface area contributed by atoms with E-state index in [-0.39, 0.29) is 24.5 Å². The number of ketones is 1. The molecule has 2 aliphatic heterocycles. The summed E-state index contributed by atoms with van der Waals surface area (Å²) in [5.74, 6) is -1.18. The molecule has 2 N–H and O–H groups in total. The van der Waals surface area contributed by atoms with Crippen LogP contribution in [-0.4, -0.2) is 29.2 Å². The molecule has 2 heterocycles. The average Bonchev–Trinajstić information content (AvgIpc) is 3.00. The fraction of sp³-hybridized carbons (Fsp3) is 0.200. The molecule has 27 heavy (non-hydrogen) atoms. The lowest BCUT2D eigenvalue weighted by Gasteiger charge is -2.41. The largest absolute Gasteiger partial charge is 0.322 e. The lowest BCUT2D eigenvalue weighted by atomic mass is 9.98. The molecule has 0 bridgehead atoms. The van der Waals surface area contributed by atoms with Crippen LogP contribution in [0.25, 0.3) is 0 Å². The molecular formula is C20H17N3O4. The van der Waals surface area contributed by atoms with E-state index in [1.807, 2.05) is 0 Å². The number of rotatable bonds is 3. The third-order valence-corrected chi connectivity index (χ3v) is 4.97. The number of nitrogens with one attached hydrogen (secondary N) is 2. The molecule has 2 aromatic carbocycles. The minimum Gasteiger partial charge on any atom is -0.322 e. The van der Waals surface area contributed by atoms with E-state index < -0.39 is 17.5 Å². The van der Waals surface area contributed by atoms with Crippen LogP contribution in [-0.2, 0) is 9.59 Å². The second-order valence-corrected chi connectivity index (χ2v) is 6.65. The van der Waals surface area contributed by atoms with Crippen LogP contribution in [0.5, 0.6) is 0 Å². The Morgan fingerprint density at radius 3 is 2.48 bits per heavy atom. The Morgan fingerprint density at radius 2 is 1.78 bits per heavy atom. The van der Waals surface area contributed by atoms with Crippen molar-refractivity contribution in [2.24, 2.45) is 0 Å². The summed E-state index contributed by atoms with van der Waals surface area (Å²) in [6.45, 7) is 1.46. The quantitative estimate of drug-likeness (QED) is 0.817. The van der Waals surface area contributed by atoms with Gasteiger partial charge in [-0.2, -0.15) is 0 Å². The minimum atomic E-state index is -1.46. The average molecular weight is 363 g/mol. The maximum Gasteiger partial charge on any atom is 0.271 e. The normalized spacial score (nSPS) is 20.6. The Labute approximate surface area is 155 Å². The molecule has 0 unspecified atom stereocenters. The molecule has 3 amide bonds. The molecule has 7 heteroatoms. The second-order valence-electron chi connectivity index (χ2n) is 6.65. The monoisotopic (exact) mass is 363 g/mol. The van der Waals surface area contributed by atoms with E-state index in [0.717, 1.165) is 0 Å². The molecular weight excluding hydrogens is 346 g/mol. The predicted molar refractivity (Wildman–Crippen MR) is 98.4 cm³/mol. The van der Waals surface area contributed by atoms with Gasteiger partial charge in [-0.05, 0) is 43.3 Å². The van der Waals surface area contributed by atoms with Gasteiger partial charge < -0.3 is 10.6 Å². The highest BCUT2D eigenvalue weighted by molar-refractivity contribution is 6.18. The van der Waals surface area contributed by atoms with Gasteiger partial charge in [-0.15, -0.1) is 0 Å². The Balaban J connectivity index is 1.69. The number of nitrogens with zero attached hydrogens (tertiary/aromatic N) is 1. The summed E-state index contributed by atoms with van der Waals surface area (Å²) in [6.07, 6.45) is 0.342. The summed E-state index contributed by atoms with van der Waals surface area (Å²) < 4.78 is 0. The number of benzene rings is 2. The Kier molecular flexibility index (Phi) is 3.80. The van der Waals surface area contributed by atoms with Crippen LogP contribution in [0.1, 0.15) is 40.5 Å². The van der Waals surface area contributed by atoms with Crippen molar-refractivity contribution in [3.05, 3.63) is 59.7 Å². The standard InChI is InChI=1S/C20H17N3O4/c1-12(24)13-6-8-14(9-7-13)21-19(27)20-11-10-17(25)23(20)16-5-3-2-4-15(16)18(26)22-20/h2-9H,10-11H2,1H3,(H,21,27)(H,22,26)/t20-/m0/s1. The van der Waals surface area contributed by atoms with Crippen LogP contribution in [0, 0.1) is 0 Å². The molecule has 0 spiro atoms. The van der Waals surface area contributed by atoms with E-state index in [1.165, 1.54) is 11.8 Å². The highest BCUT2D eigenvalue weighted by Crippen LogP contribution is 2.39. The minimum absolute atomic E-state index is 0.0739. The summed E-state index contributed by atoms with van der Waals surface area (Å²) in [5.41, 5.74) is 0.352. The maximum absolute atomic E-state index is 13.1. The van der Waals surface area contributed by atoms with E-state index >= 15 is 0 Å². The van der Waals surface area contributed by atoms with Crippen molar-refractivity contribution < 1.29 is 19.2 Å². The number of fused-ring (bicyclic) bond motifs is 3. The van der Waals surface area contributed by atoms with Crippen LogP contribution in [0.4, 0.5) is 11.4 Å². The van der Waals surface area contributed by atoms with Crippen molar-refractivity contribution in [3.63, 3.8) is 0 Å².